The molecule has 3 N–H and O–H groups in total. The van der Waals surface area contributed by atoms with E-state index in [1.807, 2.05) is 25.1 Å². The highest BCUT2D eigenvalue weighted by Gasteiger charge is 2.39. The Bertz CT molecular complexity index is 547. The molecule has 136 valence electrons. The van der Waals surface area contributed by atoms with Crippen LogP contribution >= 0.6 is 12.4 Å². The van der Waals surface area contributed by atoms with Gasteiger partial charge < -0.3 is 25.3 Å². The van der Waals surface area contributed by atoms with Crippen molar-refractivity contribution in [1.29, 1.82) is 0 Å². The number of carbonyl (C=O) groups is 1. The van der Waals surface area contributed by atoms with Crippen LogP contribution < -0.4 is 20.5 Å². The van der Waals surface area contributed by atoms with Gasteiger partial charge in [0.15, 0.2) is 11.5 Å². The molecule has 2 rings (SSSR count). The van der Waals surface area contributed by atoms with E-state index in [2.05, 4.69) is 5.32 Å². The Morgan fingerprint density at radius 2 is 1.92 bits per heavy atom. The van der Waals surface area contributed by atoms with Gasteiger partial charge in [-0.1, -0.05) is 6.07 Å². The van der Waals surface area contributed by atoms with Crippen molar-refractivity contribution < 1.29 is 19.0 Å². The monoisotopic (exact) mass is 358 g/mol. The second kappa shape index (κ2) is 9.11. The van der Waals surface area contributed by atoms with Crippen LogP contribution in [0.3, 0.4) is 0 Å². The molecule has 0 spiro atoms. The molecular weight excluding hydrogens is 332 g/mol. The molecule has 1 aliphatic rings. The maximum Gasteiger partial charge on any atom is 0.228 e. The van der Waals surface area contributed by atoms with Gasteiger partial charge in [-0.25, -0.2) is 0 Å². The Kier molecular flexibility index (Phi) is 7.79. The Labute approximate surface area is 149 Å². The molecule has 1 saturated heterocycles. The van der Waals surface area contributed by atoms with E-state index in [0.717, 1.165) is 5.56 Å². The van der Waals surface area contributed by atoms with E-state index in [0.29, 0.717) is 44.1 Å². The van der Waals surface area contributed by atoms with Gasteiger partial charge in [0.25, 0.3) is 0 Å². The molecule has 24 heavy (non-hydrogen) atoms. The number of benzene rings is 1. The molecule has 1 aliphatic heterocycles. The molecule has 1 amide bonds. The summed E-state index contributed by atoms with van der Waals surface area (Å²) in [5.74, 6) is 1.30. The summed E-state index contributed by atoms with van der Waals surface area (Å²) in [6.45, 7) is 3.44. The highest BCUT2D eigenvalue weighted by Crippen LogP contribution is 2.32. The Balaban J connectivity index is 0.00000288. The summed E-state index contributed by atoms with van der Waals surface area (Å²) >= 11 is 0. The third-order valence-corrected chi connectivity index (χ3v) is 4.58. The maximum absolute atomic E-state index is 12.7. The zero-order chi connectivity index (χ0) is 16.9. The number of amides is 1. The molecule has 0 bridgehead atoms. The highest BCUT2D eigenvalue weighted by molar-refractivity contribution is 5.85. The number of hydrogen-bond donors (Lipinski definition) is 2. The lowest BCUT2D eigenvalue weighted by atomic mass is 9.79. The van der Waals surface area contributed by atoms with Crippen molar-refractivity contribution in [3.63, 3.8) is 0 Å². The first-order valence-electron chi connectivity index (χ1n) is 7.87. The van der Waals surface area contributed by atoms with Gasteiger partial charge >= 0.3 is 0 Å². The Morgan fingerprint density at radius 1 is 1.29 bits per heavy atom. The number of methoxy groups -OCH3 is 2. The van der Waals surface area contributed by atoms with Crippen molar-refractivity contribution in [1.82, 2.24) is 5.32 Å². The van der Waals surface area contributed by atoms with Crippen molar-refractivity contribution in [3.05, 3.63) is 23.8 Å². The summed E-state index contributed by atoms with van der Waals surface area (Å²) in [7, 11) is 3.19. The second-order valence-electron chi connectivity index (χ2n) is 5.91. The van der Waals surface area contributed by atoms with Crippen LogP contribution in [0.1, 0.15) is 31.4 Å². The summed E-state index contributed by atoms with van der Waals surface area (Å²) in [5, 5.41) is 3.08. The summed E-state index contributed by atoms with van der Waals surface area (Å²) in [6, 6.07) is 5.49. The minimum absolute atomic E-state index is 0. The molecule has 1 unspecified atom stereocenters. The van der Waals surface area contributed by atoms with Gasteiger partial charge in [-0.2, -0.15) is 0 Å². The van der Waals surface area contributed by atoms with E-state index >= 15 is 0 Å². The molecular formula is C17H27ClN2O4. The van der Waals surface area contributed by atoms with E-state index < -0.39 is 5.41 Å². The zero-order valence-electron chi connectivity index (χ0n) is 14.5. The number of carbonyl (C=O) groups excluding carboxylic acids is 1. The van der Waals surface area contributed by atoms with E-state index in [4.69, 9.17) is 19.9 Å². The molecule has 1 atom stereocenters. The summed E-state index contributed by atoms with van der Waals surface area (Å²) in [6.07, 6.45) is 1.32. The zero-order valence-corrected chi connectivity index (χ0v) is 15.3. The van der Waals surface area contributed by atoms with Crippen molar-refractivity contribution in [2.75, 3.05) is 34.0 Å². The lowest BCUT2D eigenvalue weighted by Gasteiger charge is -2.35. The maximum atomic E-state index is 12.7. The molecule has 1 fully saturated rings. The summed E-state index contributed by atoms with van der Waals surface area (Å²) < 4.78 is 15.9. The van der Waals surface area contributed by atoms with Crippen LogP contribution in [0.25, 0.3) is 0 Å². The average molecular weight is 359 g/mol. The van der Waals surface area contributed by atoms with Crippen molar-refractivity contribution >= 4 is 18.3 Å². The molecule has 6 nitrogen and oxygen atoms in total. The number of ether oxygens (including phenoxy) is 3. The number of halogens is 1. The standard InChI is InChI=1S/C17H26N2O4.ClH/c1-12(13-4-5-14(21-2)15(10-13)22-3)19-16(20)17(11-18)6-8-23-9-7-17;/h4-5,10,12H,6-9,11,18H2,1-3H3,(H,19,20);1H. The third kappa shape index (κ3) is 4.32. The molecule has 0 saturated carbocycles. The topological polar surface area (TPSA) is 82.8 Å². The van der Waals surface area contributed by atoms with Gasteiger partial charge in [-0.3, -0.25) is 4.79 Å². The van der Waals surface area contributed by atoms with Crippen molar-refractivity contribution in [3.8, 4) is 11.5 Å². The van der Waals surface area contributed by atoms with E-state index in [1.165, 1.54) is 0 Å². The van der Waals surface area contributed by atoms with Crippen LogP contribution in [-0.4, -0.2) is 39.9 Å². The predicted molar refractivity (Wildman–Crippen MR) is 94.9 cm³/mol. The fourth-order valence-electron chi connectivity index (χ4n) is 2.84. The van der Waals surface area contributed by atoms with Gasteiger partial charge in [-0.15, -0.1) is 12.4 Å². The largest absolute Gasteiger partial charge is 0.493 e. The molecule has 0 radical (unpaired) electrons. The van der Waals surface area contributed by atoms with Crippen LogP contribution in [0.4, 0.5) is 0 Å². The van der Waals surface area contributed by atoms with E-state index in [9.17, 15) is 4.79 Å². The molecule has 1 heterocycles. The summed E-state index contributed by atoms with van der Waals surface area (Å²) in [4.78, 5) is 12.7. The molecule has 1 aromatic carbocycles. The SMILES string of the molecule is COc1ccc(C(C)NC(=O)C2(CN)CCOCC2)cc1OC.Cl. The first-order chi connectivity index (χ1) is 11.1. The Hall–Kier alpha value is -1.50. The lowest BCUT2D eigenvalue weighted by Crippen LogP contribution is -2.49. The average Bonchev–Trinajstić information content (AvgIpc) is 2.61. The molecule has 7 heteroatoms. The van der Waals surface area contributed by atoms with Gasteiger partial charge in [-0.05, 0) is 37.5 Å². The van der Waals surface area contributed by atoms with Gasteiger partial charge in [0.1, 0.15) is 0 Å². The van der Waals surface area contributed by atoms with Crippen LogP contribution in [0.15, 0.2) is 18.2 Å². The number of nitrogens with one attached hydrogen (secondary N) is 1. The van der Waals surface area contributed by atoms with Gasteiger partial charge in [0.05, 0.1) is 25.7 Å². The summed E-state index contributed by atoms with van der Waals surface area (Å²) in [5.41, 5.74) is 6.31. The van der Waals surface area contributed by atoms with Crippen LogP contribution in [-0.2, 0) is 9.53 Å². The van der Waals surface area contributed by atoms with Crippen molar-refractivity contribution in [2.45, 2.75) is 25.8 Å². The smallest absolute Gasteiger partial charge is 0.228 e. The Morgan fingerprint density at radius 3 is 2.46 bits per heavy atom. The van der Waals surface area contributed by atoms with Gasteiger partial charge in [0.2, 0.25) is 5.91 Å². The van der Waals surface area contributed by atoms with Crippen molar-refractivity contribution in [2.24, 2.45) is 11.1 Å². The fraction of sp³-hybridized carbons (Fsp3) is 0.588. The van der Waals surface area contributed by atoms with Crippen LogP contribution in [0.2, 0.25) is 0 Å². The molecule has 0 aromatic heterocycles. The molecule has 1 aromatic rings. The predicted octanol–water partition coefficient (Wildman–Crippen LogP) is 2.06. The fourth-order valence-corrected chi connectivity index (χ4v) is 2.84. The number of nitrogens with two attached hydrogens (primary N) is 1. The van der Waals surface area contributed by atoms with Gasteiger partial charge in [0, 0.05) is 19.8 Å². The van der Waals surface area contributed by atoms with Crippen LogP contribution in [0.5, 0.6) is 11.5 Å². The van der Waals surface area contributed by atoms with E-state index in [-0.39, 0.29) is 24.4 Å². The highest BCUT2D eigenvalue weighted by atomic mass is 35.5. The van der Waals surface area contributed by atoms with Crippen LogP contribution in [0, 0.1) is 5.41 Å². The first-order valence-corrected chi connectivity index (χ1v) is 7.87. The minimum atomic E-state index is -0.525. The first kappa shape index (κ1) is 20.5. The minimum Gasteiger partial charge on any atom is -0.493 e. The number of rotatable bonds is 6. The normalized spacial score (nSPS) is 17.3. The number of hydrogen-bond acceptors (Lipinski definition) is 5. The molecule has 0 aliphatic carbocycles. The van der Waals surface area contributed by atoms with E-state index in [1.54, 1.807) is 14.2 Å². The second-order valence-corrected chi connectivity index (χ2v) is 5.91. The lowest BCUT2D eigenvalue weighted by molar-refractivity contribution is -0.136. The quantitative estimate of drug-likeness (QED) is 0.813. The third-order valence-electron chi connectivity index (χ3n) is 4.58.